The fourth-order valence-corrected chi connectivity index (χ4v) is 1.99. The van der Waals surface area contributed by atoms with Gasteiger partial charge in [-0.15, -0.1) is 0 Å². The zero-order valence-corrected chi connectivity index (χ0v) is 9.95. The number of halogens is 1. The van der Waals surface area contributed by atoms with Gasteiger partial charge in [0.2, 0.25) is 0 Å². The molecule has 86 valence electrons. The molecule has 3 heteroatoms. The van der Waals surface area contributed by atoms with Crippen LogP contribution in [-0.2, 0) is 6.54 Å². The van der Waals surface area contributed by atoms with Crippen molar-refractivity contribution in [2.75, 3.05) is 0 Å². The maximum absolute atomic E-state index is 11.0. The number of nitrogens with two attached hydrogens (primary N) is 1. The first-order chi connectivity index (χ1) is 8.26. The number of benzene rings is 2. The van der Waals surface area contributed by atoms with E-state index in [1.807, 2.05) is 30.3 Å². The number of hydrogen-bond donors (Lipinski definition) is 1. The summed E-state index contributed by atoms with van der Waals surface area (Å²) >= 11 is 5.99. The molecule has 2 N–H and O–H groups in total. The highest BCUT2D eigenvalue weighted by atomic mass is 35.5. The van der Waals surface area contributed by atoms with E-state index in [0.29, 0.717) is 17.1 Å². The second kappa shape index (κ2) is 5.13. The average molecular weight is 246 g/mol. The lowest BCUT2D eigenvalue weighted by Gasteiger charge is -2.10. The predicted molar refractivity (Wildman–Crippen MR) is 70.2 cm³/mol. The second-order valence-corrected chi connectivity index (χ2v) is 4.15. The summed E-state index contributed by atoms with van der Waals surface area (Å²) in [6.45, 7) is 0.416. The molecule has 2 rings (SSSR count). The van der Waals surface area contributed by atoms with Gasteiger partial charge in [0.15, 0.2) is 6.29 Å². The summed E-state index contributed by atoms with van der Waals surface area (Å²) in [6, 6.07) is 12.9. The summed E-state index contributed by atoms with van der Waals surface area (Å²) in [5.41, 5.74) is 9.10. The number of aldehydes is 1. The Bertz CT molecular complexity index is 552. The number of rotatable bonds is 3. The van der Waals surface area contributed by atoms with E-state index in [0.717, 1.165) is 23.0 Å². The Labute approximate surface area is 105 Å². The van der Waals surface area contributed by atoms with Gasteiger partial charge in [-0.2, -0.15) is 0 Å². The van der Waals surface area contributed by atoms with Crippen LogP contribution in [0.5, 0.6) is 0 Å². The molecule has 0 saturated carbocycles. The molecule has 0 heterocycles. The van der Waals surface area contributed by atoms with Crippen LogP contribution in [-0.4, -0.2) is 6.29 Å². The molecule has 0 aliphatic carbocycles. The van der Waals surface area contributed by atoms with Crippen LogP contribution < -0.4 is 5.73 Å². The fraction of sp³-hybridized carbons (Fsp3) is 0.0714. The van der Waals surface area contributed by atoms with E-state index in [1.54, 1.807) is 12.1 Å². The van der Waals surface area contributed by atoms with Gasteiger partial charge in [-0.05, 0) is 28.8 Å². The Hall–Kier alpha value is -1.64. The van der Waals surface area contributed by atoms with Gasteiger partial charge in [0, 0.05) is 17.1 Å². The topological polar surface area (TPSA) is 43.1 Å². The van der Waals surface area contributed by atoms with Crippen molar-refractivity contribution in [2.45, 2.75) is 6.54 Å². The minimum atomic E-state index is 0.416. The average Bonchev–Trinajstić information content (AvgIpc) is 2.38. The third-order valence-electron chi connectivity index (χ3n) is 2.67. The molecule has 0 aliphatic rings. The maximum atomic E-state index is 11.0. The third-order valence-corrected chi connectivity index (χ3v) is 2.90. The summed E-state index contributed by atoms with van der Waals surface area (Å²) in [5, 5.41) is 0.637. The summed E-state index contributed by atoms with van der Waals surface area (Å²) in [5.74, 6) is 0. The van der Waals surface area contributed by atoms with Crippen LogP contribution in [0.3, 0.4) is 0 Å². The minimum absolute atomic E-state index is 0.416. The first-order valence-corrected chi connectivity index (χ1v) is 5.67. The summed E-state index contributed by atoms with van der Waals surface area (Å²) in [7, 11) is 0. The molecule has 0 saturated heterocycles. The molecule has 0 atom stereocenters. The van der Waals surface area contributed by atoms with Gasteiger partial charge < -0.3 is 5.73 Å². The number of carbonyl (C=O) groups excluding carboxylic acids is 1. The van der Waals surface area contributed by atoms with E-state index < -0.39 is 0 Å². The SMILES string of the molecule is NCc1ccc(Cl)cc1-c1ccccc1C=O. The highest BCUT2D eigenvalue weighted by Crippen LogP contribution is 2.28. The Morgan fingerprint density at radius 3 is 2.59 bits per heavy atom. The Morgan fingerprint density at radius 2 is 1.88 bits per heavy atom. The van der Waals surface area contributed by atoms with E-state index in [4.69, 9.17) is 17.3 Å². The van der Waals surface area contributed by atoms with Crippen LogP contribution in [0.15, 0.2) is 42.5 Å². The standard InChI is InChI=1S/C14H12ClNO/c15-12-6-5-10(8-16)14(7-12)13-4-2-1-3-11(13)9-17/h1-7,9H,8,16H2. The lowest BCUT2D eigenvalue weighted by Crippen LogP contribution is -2.00. The molecule has 0 aromatic heterocycles. The smallest absolute Gasteiger partial charge is 0.150 e. The predicted octanol–water partition coefficient (Wildman–Crippen LogP) is 3.28. The van der Waals surface area contributed by atoms with Gasteiger partial charge in [-0.25, -0.2) is 0 Å². The van der Waals surface area contributed by atoms with E-state index in [1.165, 1.54) is 0 Å². The molecule has 0 bridgehead atoms. The van der Waals surface area contributed by atoms with Crippen LogP contribution in [0.4, 0.5) is 0 Å². The van der Waals surface area contributed by atoms with Crippen LogP contribution in [0.2, 0.25) is 5.02 Å². The van der Waals surface area contributed by atoms with Crippen LogP contribution in [0.25, 0.3) is 11.1 Å². The van der Waals surface area contributed by atoms with Crippen molar-refractivity contribution in [3.63, 3.8) is 0 Å². The Morgan fingerprint density at radius 1 is 1.12 bits per heavy atom. The first kappa shape index (κ1) is 11.8. The second-order valence-electron chi connectivity index (χ2n) is 3.71. The maximum Gasteiger partial charge on any atom is 0.150 e. The van der Waals surface area contributed by atoms with Crippen LogP contribution in [0.1, 0.15) is 15.9 Å². The van der Waals surface area contributed by atoms with Gasteiger partial charge in [0.05, 0.1) is 0 Å². The van der Waals surface area contributed by atoms with E-state index in [2.05, 4.69) is 0 Å². The van der Waals surface area contributed by atoms with E-state index >= 15 is 0 Å². The highest BCUT2D eigenvalue weighted by Gasteiger charge is 2.08. The molecular formula is C14H12ClNO. The molecule has 2 aromatic carbocycles. The quantitative estimate of drug-likeness (QED) is 0.844. The molecule has 0 radical (unpaired) electrons. The van der Waals surface area contributed by atoms with E-state index in [-0.39, 0.29) is 0 Å². The van der Waals surface area contributed by atoms with Gasteiger partial charge in [0.1, 0.15) is 0 Å². The van der Waals surface area contributed by atoms with Crippen molar-refractivity contribution in [3.05, 3.63) is 58.6 Å². The highest BCUT2D eigenvalue weighted by molar-refractivity contribution is 6.30. The molecule has 2 nitrogen and oxygen atoms in total. The lowest BCUT2D eigenvalue weighted by molar-refractivity contribution is 0.112. The number of carbonyl (C=O) groups is 1. The van der Waals surface area contributed by atoms with Crippen molar-refractivity contribution in [3.8, 4) is 11.1 Å². The van der Waals surface area contributed by atoms with Crippen molar-refractivity contribution >= 4 is 17.9 Å². The molecule has 0 aliphatic heterocycles. The monoisotopic (exact) mass is 245 g/mol. The molecule has 0 amide bonds. The first-order valence-electron chi connectivity index (χ1n) is 5.29. The zero-order chi connectivity index (χ0) is 12.3. The van der Waals surface area contributed by atoms with Gasteiger partial charge in [-0.3, -0.25) is 4.79 Å². The molecule has 0 spiro atoms. The van der Waals surface area contributed by atoms with Crippen molar-refractivity contribution in [1.82, 2.24) is 0 Å². The molecule has 17 heavy (non-hydrogen) atoms. The molecule has 2 aromatic rings. The lowest BCUT2D eigenvalue weighted by atomic mass is 9.96. The zero-order valence-electron chi connectivity index (χ0n) is 9.19. The molecule has 0 unspecified atom stereocenters. The number of hydrogen-bond acceptors (Lipinski definition) is 2. The minimum Gasteiger partial charge on any atom is -0.326 e. The summed E-state index contributed by atoms with van der Waals surface area (Å²) in [4.78, 5) is 11.0. The van der Waals surface area contributed by atoms with Crippen LogP contribution >= 0.6 is 11.6 Å². The van der Waals surface area contributed by atoms with Gasteiger partial charge >= 0.3 is 0 Å². The van der Waals surface area contributed by atoms with Crippen molar-refractivity contribution in [1.29, 1.82) is 0 Å². The Balaban J connectivity index is 2.66. The molecule has 0 fully saturated rings. The molecular weight excluding hydrogens is 234 g/mol. The summed E-state index contributed by atoms with van der Waals surface area (Å²) in [6.07, 6.45) is 0.844. The summed E-state index contributed by atoms with van der Waals surface area (Å²) < 4.78 is 0. The van der Waals surface area contributed by atoms with Crippen LogP contribution in [0, 0.1) is 0 Å². The third kappa shape index (κ3) is 2.38. The largest absolute Gasteiger partial charge is 0.326 e. The fourth-order valence-electron chi connectivity index (χ4n) is 1.82. The Kier molecular flexibility index (Phi) is 3.57. The van der Waals surface area contributed by atoms with E-state index in [9.17, 15) is 4.79 Å². The normalized spacial score (nSPS) is 10.2. The van der Waals surface area contributed by atoms with Gasteiger partial charge in [-0.1, -0.05) is 41.9 Å². The van der Waals surface area contributed by atoms with Crippen molar-refractivity contribution < 1.29 is 4.79 Å². The van der Waals surface area contributed by atoms with Gasteiger partial charge in [0.25, 0.3) is 0 Å². The van der Waals surface area contributed by atoms with Crippen molar-refractivity contribution in [2.24, 2.45) is 5.73 Å².